The van der Waals surface area contributed by atoms with Gasteiger partial charge < -0.3 is 15.5 Å². The number of aryl methyl sites for hydroxylation is 1. The third-order valence-corrected chi connectivity index (χ3v) is 5.45. The number of guanidine groups is 1. The van der Waals surface area contributed by atoms with E-state index in [1.807, 2.05) is 13.1 Å². The molecule has 1 aromatic carbocycles. The Bertz CT molecular complexity index is 803. The normalized spacial score (nSPS) is 14.9. The Labute approximate surface area is 200 Å². The number of hydrogen-bond donors (Lipinski definition) is 2. The quantitative estimate of drug-likeness (QED) is 0.317. The van der Waals surface area contributed by atoms with Gasteiger partial charge in [-0.3, -0.25) is 4.99 Å². The average molecular weight is 546 g/mol. The zero-order valence-electron chi connectivity index (χ0n) is 17.5. The fourth-order valence-corrected chi connectivity index (χ4v) is 3.72. The minimum Gasteiger partial charge on any atom is -0.357 e. The highest BCUT2D eigenvalue weighted by molar-refractivity contribution is 14.0. The molecule has 3 rings (SSSR count). The first-order valence-corrected chi connectivity index (χ1v) is 10.6. The van der Waals surface area contributed by atoms with Crippen LogP contribution in [0.4, 0.5) is 10.2 Å². The lowest BCUT2D eigenvalue weighted by atomic mass is 10.1. The van der Waals surface area contributed by atoms with Crippen LogP contribution in [0.3, 0.4) is 0 Å². The van der Waals surface area contributed by atoms with E-state index in [2.05, 4.69) is 44.6 Å². The van der Waals surface area contributed by atoms with Crippen molar-refractivity contribution in [3.05, 3.63) is 58.5 Å². The first-order valence-electron chi connectivity index (χ1n) is 10.2. The molecule has 1 aliphatic heterocycles. The first kappa shape index (κ1) is 24.7. The number of nitrogens with zero attached hydrogens (tertiary/aromatic N) is 3. The average Bonchev–Trinajstić information content (AvgIpc) is 2.71. The zero-order chi connectivity index (χ0) is 20.6. The van der Waals surface area contributed by atoms with Crippen LogP contribution < -0.4 is 15.5 Å². The van der Waals surface area contributed by atoms with Gasteiger partial charge >= 0.3 is 0 Å². The number of pyridine rings is 1. The summed E-state index contributed by atoms with van der Waals surface area (Å²) in [6.07, 6.45) is 4.41. The summed E-state index contributed by atoms with van der Waals surface area (Å²) in [6.45, 7) is 7.25. The second kappa shape index (κ2) is 12.3. The molecule has 0 unspecified atom stereocenters. The molecule has 8 heteroatoms. The van der Waals surface area contributed by atoms with Gasteiger partial charge in [0.25, 0.3) is 0 Å². The molecule has 2 heterocycles. The topological polar surface area (TPSA) is 52.6 Å². The van der Waals surface area contributed by atoms with Crippen LogP contribution in [0.2, 0.25) is 5.02 Å². The summed E-state index contributed by atoms with van der Waals surface area (Å²) < 4.78 is 13.9. The van der Waals surface area contributed by atoms with Crippen LogP contribution in [0.1, 0.15) is 30.9 Å². The number of hydrogen-bond acceptors (Lipinski definition) is 3. The molecule has 0 bridgehead atoms. The van der Waals surface area contributed by atoms with E-state index in [1.165, 1.54) is 11.6 Å². The number of halogens is 3. The minimum absolute atomic E-state index is 0. The lowest BCUT2D eigenvalue weighted by molar-refractivity contribution is 0.459. The van der Waals surface area contributed by atoms with Crippen molar-refractivity contribution in [2.45, 2.75) is 39.2 Å². The molecule has 1 saturated heterocycles. The van der Waals surface area contributed by atoms with Crippen molar-refractivity contribution in [1.82, 2.24) is 15.6 Å². The second-order valence-corrected chi connectivity index (χ2v) is 7.72. The number of anilines is 1. The first-order chi connectivity index (χ1) is 14.1. The predicted octanol–water partition coefficient (Wildman–Crippen LogP) is 4.57. The molecule has 0 spiro atoms. The fraction of sp³-hybridized carbons (Fsp3) is 0.455. The largest absolute Gasteiger partial charge is 0.357 e. The monoisotopic (exact) mass is 545 g/mol. The Balaban J connectivity index is 0.00000320. The van der Waals surface area contributed by atoms with E-state index >= 15 is 0 Å². The van der Waals surface area contributed by atoms with Gasteiger partial charge in [-0.2, -0.15) is 0 Å². The molecule has 164 valence electrons. The maximum Gasteiger partial charge on any atom is 0.191 e. The van der Waals surface area contributed by atoms with Crippen LogP contribution >= 0.6 is 35.6 Å². The maximum atomic E-state index is 13.9. The van der Waals surface area contributed by atoms with E-state index in [0.717, 1.165) is 44.3 Å². The third-order valence-electron chi connectivity index (χ3n) is 5.09. The molecule has 0 saturated carbocycles. The summed E-state index contributed by atoms with van der Waals surface area (Å²) in [5.41, 5.74) is 1.70. The molecule has 2 N–H and O–H groups in total. The molecule has 0 amide bonds. The fourth-order valence-electron chi connectivity index (χ4n) is 3.46. The third kappa shape index (κ3) is 6.97. The van der Waals surface area contributed by atoms with Crippen LogP contribution in [0.25, 0.3) is 0 Å². The number of rotatable bonds is 6. The van der Waals surface area contributed by atoms with Gasteiger partial charge in [-0.05, 0) is 56.9 Å². The highest BCUT2D eigenvalue weighted by Gasteiger charge is 2.20. The Morgan fingerprint density at radius 3 is 2.67 bits per heavy atom. The van der Waals surface area contributed by atoms with Gasteiger partial charge in [0.05, 0.1) is 0 Å². The van der Waals surface area contributed by atoms with Crippen molar-refractivity contribution in [3.63, 3.8) is 0 Å². The summed E-state index contributed by atoms with van der Waals surface area (Å²) in [6, 6.07) is 9.31. The summed E-state index contributed by atoms with van der Waals surface area (Å²) in [7, 11) is 0. The van der Waals surface area contributed by atoms with E-state index in [4.69, 9.17) is 11.6 Å². The highest BCUT2D eigenvalue weighted by atomic mass is 127. The van der Waals surface area contributed by atoms with Gasteiger partial charge in [-0.15, -0.1) is 24.0 Å². The van der Waals surface area contributed by atoms with Gasteiger partial charge in [-0.1, -0.05) is 23.7 Å². The number of aromatic nitrogens is 1. The van der Waals surface area contributed by atoms with Gasteiger partial charge in [0.2, 0.25) is 0 Å². The van der Waals surface area contributed by atoms with Gasteiger partial charge in [0.1, 0.15) is 11.6 Å². The van der Waals surface area contributed by atoms with Crippen molar-refractivity contribution in [2.24, 2.45) is 4.99 Å². The van der Waals surface area contributed by atoms with Crippen LogP contribution in [0, 0.1) is 12.7 Å². The van der Waals surface area contributed by atoms with Crippen LogP contribution in [0.15, 0.2) is 41.5 Å². The smallest absolute Gasteiger partial charge is 0.191 e. The van der Waals surface area contributed by atoms with Crippen molar-refractivity contribution >= 4 is 47.4 Å². The van der Waals surface area contributed by atoms with Gasteiger partial charge in [0, 0.05) is 49.0 Å². The summed E-state index contributed by atoms with van der Waals surface area (Å²) in [5.74, 6) is 1.53. The van der Waals surface area contributed by atoms with Crippen molar-refractivity contribution in [3.8, 4) is 0 Å². The van der Waals surface area contributed by atoms with Crippen LogP contribution in [0.5, 0.6) is 0 Å². The second-order valence-electron chi connectivity index (χ2n) is 7.31. The number of benzene rings is 1. The SMILES string of the molecule is CCNC(=NCCc1c(F)cccc1Cl)NC1CCN(c2ccc(C)cn2)CC1.I. The summed E-state index contributed by atoms with van der Waals surface area (Å²) in [4.78, 5) is 11.5. The molecular formula is C22H30ClFIN5. The minimum atomic E-state index is -0.275. The predicted molar refractivity (Wildman–Crippen MR) is 134 cm³/mol. The molecule has 1 aromatic heterocycles. The Kier molecular flexibility index (Phi) is 10.1. The summed E-state index contributed by atoms with van der Waals surface area (Å²) >= 11 is 6.10. The summed E-state index contributed by atoms with van der Waals surface area (Å²) in [5, 5.41) is 7.25. The van der Waals surface area contributed by atoms with E-state index < -0.39 is 0 Å². The molecule has 5 nitrogen and oxygen atoms in total. The molecular weight excluding hydrogens is 516 g/mol. The van der Waals surface area contributed by atoms with Crippen LogP contribution in [-0.4, -0.2) is 43.2 Å². The Hall–Kier alpha value is -1.61. The Morgan fingerprint density at radius 2 is 2.03 bits per heavy atom. The van der Waals surface area contributed by atoms with E-state index in [-0.39, 0.29) is 29.8 Å². The molecule has 1 fully saturated rings. The molecule has 0 atom stereocenters. The van der Waals surface area contributed by atoms with E-state index in [0.29, 0.717) is 29.6 Å². The number of nitrogens with one attached hydrogen (secondary N) is 2. The molecule has 0 radical (unpaired) electrons. The number of aliphatic imine (C=N–C) groups is 1. The van der Waals surface area contributed by atoms with Crippen LogP contribution in [-0.2, 0) is 6.42 Å². The molecule has 30 heavy (non-hydrogen) atoms. The van der Waals surface area contributed by atoms with Gasteiger partial charge in [0.15, 0.2) is 5.96 Å². The van der Waals surface area contributed by atoms with Gasteiger partial charge in [-0.25, -0.2) is 9.37 Å². The molecule has 1 aliphatic rings. The van der Waals surface area contributed by atoms with Crippen molar-refractivity contribution in [1.29, 1.82) is 0 Å². The van der Waals surface area contributed by atoms with E-state index in [9.17, 15) is 4.39 Å². The maximum absolute atomic E-state index is 13.9. The van der Waals surface area contributed by atoms with Crippen molar-refractivity contribution < 1.29 is 4.39 Å². The van der Waals surface area contributed by atoms with Crippen molar-refractivity contribution in [2.75, 3.05) is 31.1 Å². The Morgan fingerprint density at radius 1 is 1.27 bits per heavy atom. The zero-order valence-corrected chi connectivity index (χ0v) is 20.6. The highest BCUT2D eigenvalue weighted by Crippen LogP contribution is 2.20. The molecule has 2 aromatic rings. The van der Waals surface area contributed by atoms with E-state index in [1.54, 1.807) is 12.1 Å². The number of piperidine rings is 1. The molecule has 0 aliphatic carbocycles. The lowest BCUT2D eigenvalue weighted by Crippen LogP contribution is -2.49. The standard InChI is InChI=1S/C22H29ClFN5.HI/c1-3-25-22(26-12-9-18-19(23)5-4-6-20(18)24)28-17-10-13-29(14-11-17)21-8-7-16(2)15-27-21;/h4-8,15,17H,3,9-14H2,1-2H3,(H2,25,26,28);1H. The lowest BCUT2D eigenvalue weighted by Gasteiger charge is -2.33.